The molecule has 0 aromatic heterocycles. The third kappa shape index (κ3) is 2.69. The first-order valence-electron chi connectivity index (χ1n) is 3.96. The van der Waals surface area contributed by atoms with Crippen LogP contribution in [-0.2, 0) is 5.75 Å². The van der Waals surface area contributed by atoms with Crippen molar-refractivity contribution in [2.75, 3.05) is 12.3 Å². The van der Waals surface area contributed by atoms with Gasteiger partial charge in [-0.15, -0.1) is 0 Å². The monoisotopic (exact) mass is 192 g/mol. The molecule has 2 nitrogen and oxygen atoms in total. The van der Waals surface area contributed by atoms with Crippen molar-refractivity contribution in [3.8, 4) is 11.8 Å². The maximum Gasteiger partial charge on any atom is 0.0555 e. The highest BCUT2D eigenvalue weighted by Crippen LogP contribution is 2.14. The quantitative estimate of drug-likeness (QED) is 0.353. The molecular weight excluding hydrogens is 180 g/mol. The second-order valence-corrected chi connectivity index (χ2v) is 2.90. The third-order valence-corrected chi connectivity index (χ3v) is 1.97. The van der Waals surface area contributed by atoms with Crippen molar-refractivity contribution >= 4 is 18.3 Å². The maximum absolute atomic E-state index is 5.62. The summed E-state index contributed by atoms with van der Waals surface area (Å²) >= 11 is 4.19. The SMILES string of the molecule is NCC#Cc1ccc(N)cc1CS. The van der Waals surface area contributed by atoms with Gasteiger partial charge in [-0.3, -0.25) is 0 Å². The Balaban J connectivity index is 3.06. The Morgan fingerprint density at radius 1 is 1.38 bits per heavy atom. The number of hydrogen-bond acceptors (Lipinski definition) is 3. The van der Waals surface area contributed by atoms with Crippen molar-refractivity contribution in [1.29, 1.82) is 0 Å². The van der Waals surface area contributed by atoms with Crippen LogP contribution in [-0.4, -0.2) is 6.54 Å². The van der Waals surface area contributed by atoms with E-state index < -0.39 is 0 Å². The lowest BCUT2D eigenvalue weighted by Gasteiger charge is -2.01. The van der Waals surface area contributed by atoms with Gasteiger partial charge >= 0.3 is 0 Å². The topological polar surface area (TPSA) is 52.0 Å². The summed E-state index contributed by atoms with van der Waals surface area (Å²) in [7, 11) is 0. The molecule has 0 heterocycles. The van der Waals surface area contributed by atoms with Gasteiger partial charge in [0.15, 0.2) is 0 Å². The molecule has 0 atom stereocenters. The minimum absolute atomic E-state index is 0.371. The molecule has 3 heteroatoms. The predicted octanol–water partition coefficient (Wildman–Crippen LogP) is 1.01. The van der Waals surface area contributed by atoms with Gasteiger partial charge in [-0.25, -0.2) is 0 Å². The molecular formula is C10H12N2S. The van der Waals surface area contributed by atoms with Crippen LogP contribution < -0.4 is 11.5 Å². The average Bonchev–Trinajstić information content (AvgIpc) is 2.16. The smallest absolute Gasteiger partial charge is 0.0555 e. The molecule has 13 heavy (non-hydrogen) atoms. The lowest BCUT2D eigenvalue weighted by molar-refractivity contribution is 1.30. The molecule has 0 spiro atoms. The molecule has 0 aliphatic heterocycles. The van der Waals surface area contributed by atoms with Crippen LogP contribution in [0.15, 0.2) is 18.2 Å². The minimum Gasteiger partial charge on any atom is -0.399 e. The highest BCUT2D eigenvalue weighted by Gasteiger charge is 1.97. The van der Waals surface area contributed by atoms with E-state index in [1.54, 1.807) is 0 Å². The molecule has 0 fully saturated rings. The van der Waals surface area contributed by atoms with E-state index in [1.807, 2.05) is 18.2 Å². The largest absolute Gasteiger partial charge is 0.399 e. The van der Waals surface area contributed by atoms with E-state index in [1.165, 1.54) is 0 Å². The van der Waals surface area contributed by atoms with E-state index in [4.69, 9.17) is 11.5 Å². The van der Waals surface area contributed by atoms with Crippen LogP contribution in [0.1, 0.15) is 11.1 Å². The van der Waals surface area contributed by atoms with Gasteiger partial charge < -0.3 is 11.5 Å². The van der Waals surface area contributed by atoms with Crippen molar-refractivity contribution in [2.45, 2.75) is 5.75 Å². The first-order valence-corrected chi connectivity index (χ1v) is 4.59. The fraction of sp³-hybridized carbons (Fsp3) is 0.200. The van der Waals surface area contributed by atoms with Crippen LogP contribution in [0.2, 0.25) is 0 Å². The fourth-order valence-corrected chi connectivity index (χ4v) is 1.27. The molecule has 0 unspecified atom stereocenters. The summed E-state index contributed by atoms with van der Waals surface area (Å²) < 4.78 is 0. The maximum atomic E-state index is 5.62. The highest BCUT2D eigenvalue weighted by molar-refractivity contribution is 7.79. The lowest BCUT2D eigenvalue weighted by atomic mass is 10.1. The van der Waals surface area contributed by atoms with Crippen molar-refractivity contribution in [2.24, 2.45) is 5.73 Å². The van der Waals surface area contributed by atoms with Crippen molar-refractivity contribution in [3.63, 3.8) is 0 Å². The molecule has 1 aromatic carbocycles. The molecule has 68 valence electrons. The van der Waals surface area contributed by atoms with E-state index in [9.17, 15) is 0 Å². The Labute approximate surface area is 83.7 Å². The first kappa shape index (κ1) is 9.97. The molecule has 0 saturated heterocycles. The van der Waals surface area contributed by atoms with Gasteiger partial charge in [0.2, 0.25) is 0 Å². The fourth-order valence-electron chi connectivity index (χ4n) is 1.01. The number of thiol groups is 1. The van der Waals surface area contributed by atoms with E-state index in [0.717, 1.165) is 16.8 Å². The average molecular weight is 192 g/mol. The van der Waals surface area contributed by atoms with Gasteiger partial charge in [-0.05, 0) is 23.8 Å². The van der Waals surface area contributed by atoms with E-state index in [-0.39, 0.29) is 0 Å². The number of hydrogen-bond donors (Lipinski definition) is 3. The summed E-state index contributed by atoms with van der Waals surface area (Å²) in [5.41, 5.74) is 13.6. The second-order valence-electron chi connectivity index (χ2n) is 2.58. The Morgan fingerprint density at radius 3 is 2.77 bits per heavy atom. The zero-order valence-corrected chi connectivity index (χ0v) is 8.14. The number of rotatable bonds is 1. The van der Waals surface area contributed by atoms with Gasteiger partial charge in [0.1, 0.15) is 0 Å². The van der Waals surface area contributed by atoms with Crippen LogP contribution in [0.25, 0.3) is 0 Å². The molecule has 4 N–H and O–H groups in total. The molecule has 0 aliphatic rings. The van der Waals surface area contributed by atoms with Crippen molar-refractivity contribution < 1.29 is 0 Å². The molecule has 0 amide bonds. The van der Waals surface area contributed by atoms with E-state index in [2.05, 4.69) is 24.5 Å². The van der Waals surface area contributed by atoms with Crippen molar-refractivity contribution in [3.05, 3.63) is 29.3 Å². The summed E-state index contributed by atoms with van der Waals surface area (Å²) in [6.45, 7) is 0.371. The molecule has 0 bridgehead atoms. The number of nitrogens with two attached hydrogens (primary N) is 2. The zero-order chi connectivity index (χ0) is 9.68. The van der Waals surface area contributed by atoms with Crippen LogP contribution in [0.5, 0.6) is 0 Å². The van der Waals surface area contributed by atoms with Gasteiger partial charge in [-0.2, -0.15) is 12.6 Å². The third-order valence-electron chi connectivity index (χ3n) is 1.62. The number of benzene rings is 1. The predicted molar refractivity (Wildman–Crippen MR) is 59.5 cm³/mol. The second kappa shape index (κ2) is 4.80. The first-order chi connectivity index (χ1) is 6.27. The van der Waals surface area contributed by atoms with Gasteiger partial charge in [0.05, 0.1) is 6.54 Å². The number of anilines is 1. The summed E-state index contributed by atoms with van der Waals surface area (Å²) in [5.74, 6) is 6.41. The normalized spacial score (nSPS) is 9.08. The molecule has 1 aromatic rings. The lowest BCUT2D eigenvalue weighted by Crippen LogP contribution is -1.95. The van der Waals surface area contributed by atoms with Crippen LogP contribution in [0, 0.1) is 11.8 Å². The van der Waals surface area contributed by atoms with Gasteiger partial charge in [-0.1, -0.05) is 11.8 Å². The summed E-state index contributed by atoms with van der Waals surface area (Å²) in [5, 5.41) is 0. The number of nitrogen functional groups attached to an aromatic ring is 1. The zero-order valence-electron chi connectivity index (χ0n) is 7.25. The van der Waals surface area contributed by atoms with Gasteiger partial charge in [0.25, 0.3) is 0 Å². The minimum atomic E-state index is 0.371. The molecule has 0 radical (unpaired) electrons. The molecule has 1 rings (SSSR count). The Kier molecular flexibility index (Phi) is 3.69. The van der Waals surface area contributed by atoms with E-state index in [0.29, 0.717) is 12.3 Å². The Hall–Kier alpha value is -1.11. The van der Waals surface area contributed by atoms with E-state index >= 15 is 0 Å². The van der Waals surface area contributed by atoms with Gasteiger partial charge in [0, 0.05) is 17.0 Å². The molecule has 0 aliphatic carbocycles. The van der Waals surface area contributed by atoms with Crippen LogP contribution in [0.3, 0.4) is 0 Å². The summed E-state index contributed by atoms with van der Waals surface area (Å²) in [6, 6.07) is 5.60. The highest BCUT2D eigenvalue weighted by atomic mass is 32.1. The Bertz CT molecular complexity index is 350. The van der Waals surface area contributed by atoms with Crippen LogP contribution >= 0.6 is 12.6 Å². The molecule has 0 saturated carbocycles. The summed E-state index contributed by atoms with van der Waals surface area (Å²) in [4.78, 5) is 0. The summed E-state index contributed by atoms with van der Waals surface area (Å²) in [6.07, 6.45) is 0. The van der Waals surface area contributed by atoms with Crippen LogP contribution in [0.4, 0.5) is 5.69 Å². The Morgan fingerprint density at radius 2 is 2.15 bits per heavy atom. The standard InChI is InChI=1S/C10H12N2S/c11-5-1-2-8-3-4-10(12)6-9(8)7-13/h3-4,6,13H,5,7,11-12H2. The van der Waals surface area contributed by atoms with Crippen molar-refractivity contribution in [1.82, 2.24) is 0 Å².